The highest BCUT2D eigenvalue weighted by Gasteiger charge is 2.17. The Kier molecular flexibility index (Phi) is 8.49. The second kappa shape index (κ2) is 10.3. The number of hydrogen-bond acceptors (Lipinski definition) is 6. The summed E-state index contributed by atoms with van der Waals surface area (Å²) in [5.41, 5.74) is 6.43. The molecule has 4 N–H and O–H groups in total. The zero-order valence-electron chi connectivity index (χ0n) is 15.4. The van der Waals surface area contributed by atoms with Gasteiger partial charge in [0.2, 0.25) is 11.7 Å². The van der Waals surface area contributed by atoms with Crippen LogP contribution in [0.25, 0.3) is 0 Å². The Morgan fingerprint density at radius 3 is 1.89 bits per heavy atom. The second-order valence-electron chi connectivity index (χ2n) is 5.26. The van der Waals surface area contributed by atoms with Crippen molar-refractivity contribution in [3.63, 3.8) is 0 Å². The lowest BCUT2D eigenvalue weighted by atomic mass is 10.1. The summed E-state index contributed by atoms with van der Waals surface area (Å²) < 4.78 is 15.7. The monoisotopic (exact) mass is 425 g/mol. The fourth-order valence-corrected chi connectivity index (χ4v) is 2.48. The SMILES string of the molecule is COc1cc(C(=O)NC(=S)Nc2ccc(C(N)=O)cc2)cc(OC)c1OC.Cl. The zero-order chi connectivity index (χ0) is 20.0. The number of amides is 2. The quantitative estimate of drug-likeness (QED) is 0.609. The number of rotatable bonds is 6. The number of carbonyl (C=O) groups is 2. The minimum Gasteiger partial charge on any atom is -0.493 e. The number of hydrogen-bond donors (Lipinski definition) is 3. The Morgan fingerprint density at radius 1 is 0.929 bits per heavy atom. The normalized spacial score (nSPS) is 9.54. The summed E-state index contributed by atoms with van der Waals surface area (Å²) in [6.45, 7) is 0. The highest BCUT2D eigenvalue weighted by molar-refractivity contribution is 7.80. The largest absolute Gasteiger partial charge is 0.493 e. The molecule has 0 atom stereocenters. The van der Waals surface area contributed by atoms with E-state index in [0.717, 1.165) is 0 Å². The maximum atomic E-state index is 12.5. The average Bonchev–Trinajstić information content (AvgIpc) is 2.66. The molecule has 0 aliphatic heterocycles. The molecular weight excluding hydrogens is 406 g/mol. The van der Waals surface area contributed by atoms with Crippen molar-refractivity contribution in [3.8, 4) is 17.2 Å². The number of nitrogens with two attached hydrogens (primary N) is 1. The van der Waals surface area contributed by atoms with Gasteiger partial charge in [-0.25, -0.2) is 0 Å². The molecule has 0 fully saturated rings. The molecule has 2 aromatic rings. The van der Waals surface area contributed by atoms with E-state index in [2.05, 4.69) is 10.6 Å². The number of halogens is 1. The van der Waals surface area contributed by atoms with Crippen molar-refractivity contribution >= 4 is 47.2 Å². The molecule has 0 aliphatic carbocycles. The Morgan fingerprint density at radius 2 is 1.46 bits per heavy atom. The van der Waals surface area contributed by atoms with Gasteiger partial charge in [0.05, 0.1) is 21.3 Å². The fraction of sp³-hybridized carbons (Fsp3) is 0.167. The first-order valence-electron chi connectivity index (χ1n) is 7.71. The minimum absolute atomic E-state index is 0. The molecule has 0 saturated carbocycles. The topological polar surface area (TPSA) is 112 Å². The molecule has 0 aromatic heterocycles. The molecule has 2 amide bonds. The van der Waals surface area contributed by atoms with Crippen LogP contribution in [0.5, 0.6) is 17.2 Å². The molecule has 2 aromatic carbocycles. The third-order valence-electron chi connectivity index (χ3n) is 3.58. The van der Waals surface area contributed by atoms with Gasteiger partial charge in [0.15, 0.2) is 16.6 Å². The van der Waals surface area contributed by atoms with Crippen LogP contribution in [-0.2, 0) is 0 Å². The summed E-state index contributed by atoms with van der Waals surface area (Å²) in [6.07, 6.45) is 0. The van der Waals surface area contributed by atoms with Crippen LogP contribution < -0.4 is 30.6 Å². The van der Waals surface area contributed by atoms with Gasteiger partial charge in [0.25, 0.3) is 5.91 Å². The first-order chi connectivity index (χ1) is 12.9. The van der Waals surface area contributed by atoms with Crippen LogP contribution in [0.1, 0.15) is 20.7 Å². The third-order valence-corrected chi connectivity index (χ3v) is 3.79. The van der Waals surface area contributed by atoms with Crippen molar-refractivity contribution in [2.45, 2.75) is 0 Å². The van der Waals surface area contributed by atoms with Crippen LogP contribution in [0.3, 0.4) is 0 Å². The second-order valence-corrected chi connectivity index (χ2v) is 5.67. The summed E-state index contributed by atoms with van der Waals surface area (Å²) >= 11 is 5.15. The average molecular weight is 426 g/mol. The summed E-state index contributed by atoms with van der Waals surface area (Å²) in [5.74, 6) is 0.0953. The molecule has 10 heteroatoms. The van der Waals surface area contributed by atoms with Crippen LogP contribution in [0.15, 0.2) is 36.4 Å². The van der Waals surface area contributed by atoms with E-state index in [-0.39, 0.29) is 23.1 Å². The molecule has 150 valence electrons. The van der Waals surface area contributed by atoms with Crippen molar-refractivity contribution in [3.05, 3.63) is 47.5 Å². The van der Waals surface area contributed by atoms with Crippen molar-refractivity contribution in [2.24, 2.45) is 5.73 Å². The summed E-state index contributed by atoms with van der Waals surface area (Å²) in [6, 6.07) is 9.38. The lowest BCUT2D eigenvalue weighted by Gasteiger charge is -2.14. The lowest BCUT2D eigenvalue weighted by Crippen LogP contribution is -2.34. The first kappa shape index (κ1) is 23.0. The van der Waals surface area contributed by atoms with E-state index in [9.17, 15) is 9.59 Å². The van der Waals surface area contributed by atoms with E-state index in [1.165, 1.54) is 33.5 Å². The standard InChI is InChI=1S/C18H19N3O5S.ClH/c1-24-13-8-11(9-14(25-2)15(13)26-3)17(23)21-18(27)20-12-6-4-10(5-7-12)16(19)22;/h4-9H,1-3H3,(H2,19,22)(H2,20,21,23,27);1H. The van der Waals surface area contributed by atoms with Gasteiger partial charge in [-0.1, -0.05) is 0 Å². The van der Waals surface area contributed by atoms with Gasteiger partial charge in [-0.15, -0.1) is 12.4 Å². The highest BCUT2D eigenvalue weighted by Crippen LogP contribution is 2.38. The van der Waals surface area contributed by atoms with Crippen molar-refractivity contribution in [1.29, 1.82) is 0 Å². The molecule has 2 rings (SSSR count). The number of ether oxygens (including phenoxy) is 3. The Balaban J connectivity index is 0.00000392. The van der Waals surface area contributed by atoms with E-state index in [1.54, 1.807) is 24.3 Å². The van der Waals surface area contributed by atoms with Crippen LogP contribution in [0.4, 0.5) is 5.69 Å². The summed E-state index contributed by atoms with van der Waals surface area (Å²) in [4.78, 5) is 23.5. The predicted octanol–water partition coefficient (Wildman–Crippen LogP) is 2.36. The summed E-state index contributed by atoms with van der Waals surface area (Å²) in [7, 11) is 4.39. The molecule has 0 radical (unpaired) electrons. The fourth-order valence-electron chi connectivity index (χ4n) is 2.27. The predicted molar refractivity (Wildman–Crippen MR) is 112 cm³/mol. The van der Waals surface area contributed by atoms with E-state index in [1.807, 2.05) is 0 Å². The van der Waals surface area contributed by atoms with E-state index in [0.29, 0.717) is 28.5 Å². The molecule has 0 saturated heterocycles. The lowest BCUT2D eigenvalue weighted by molar-refractivity contribution is 0.0974. The van der Waals surface area contributed by atoms with Gasteiger partial charge >= 0.3 is 0 Å². The molecular formula is C18H20ClN3O5S. The smallest absolute Gasteiger partial charge is 0.257 e. The first-order valence-corrected chi connectivity index (χ1v) is 8.12. The number of anilines is 1. The molecule has 0 aliphatic rings. The maximum Gasteiger partial charge on any atom is 0.257 e. The number of benzene rings is 2. The maximum absolute atomic E-state index is 12.5. The van der Waals surface area contributed by atoms with Gasteiger partial charge in [-0.3, -0.25) is 14.9 Å². The number of primary amides is 1. The van der Waals surface area contributed by atoms with E-state index in [4.69, 9.17) is 32.2 Å². The van der Waals surface area contributed by atoms with Gasteiger partial charge < -0.3 is 25.3 Å². The molecule has 0 unspecified atom stereocenters. The Hall–Kier alpha value is -3.04. The highest BCUT2D eigenvalue weighted by atomic mass is 35.5. The number of nitrogens with one attached hydrogen (secondary N) is 2. The van der Waals surface area contributed by atoms with Gasteiger partial charge in [0.1, 0.15) is 0 Å². The van der Waals surface area contributed by atoms with Crippen LogP contribution in [0.2, 0.25) is 0 Å². The summed E-state index contributed by atoms with van der Waals surface area (Å²) in [5, 5.41) is 5.49. The molecule has 8 nitrogen and oxygen atoms in total. The van der Waals surface area contributed by atoms with E-state index >= 15 is 0 Å². The molecule has 0 heterocycles. The van der Waals surface area contributed by atoms with Gasteiger partial charge in [-0.2, -0.15) is 0 Å². The molecule has 0 bridgehead atoms. The van der Waals surface area contributed by atoms with Crippen LogP contribution in [0, 0.1) is 0 Å². The molecule has 0 spiro atoms. The van der Waals surface area contributed by atoms with Gasteiger partial charge in [0, 0.05) is 16.8 Å². The third kappa shape index (κ3) is 5.48. The Labute approximate surface area is 173 Å². The Bertz CT molecular complexity index is 849. The zero-order valence-corrected chi connectivity index (χ0v) is 17.0. The van der Waals surface area contributed by atoms with Crippen molar-refractivity contribution in [1.82, 2.24) is 5.32 Å². The van der Waals surface area contributed by atoms with Crippen LogP contribution >= 0.6 is 24.6 Å². The number of methoxy groups -OCH3 is 3. The molecule has 28 heavy (non-hydrogen) atoms. The number of thiocarbonyl (C=S) groups is 1. The van der Waals surface area contributed by atoms with Crippen molar-refractivity contribution in [2.75, 3.05) is 26.6 Å². The van der Waals surface area contributed by atoms with Crippen molar-refractivity contribution < 1.29 is 23.8 Å². The van der Waals surface area contributed by atoms with Gasteiger partial charge in [-0.05, 0) is 48.6 Å². The number of carbonyl (C=O) groups excluding carboxylic acids is 2. The minimum atomic E-state index is -0.528. The van der Waals surface area contributed by atoms with E-state index < -0.39 is 11.8 Å². The van der Waals surface area contributed by atoms with Crippen LogP contribution in [-0.4, -0.2) is 38.3 Å².